The Morgan fingerprint density at radius 3 is 2.75 bits per heavy atom. The number of allylic oxidation sites excluding steroid dienone is 1. The lowest BCUT2D eigenvalue weighted by molar-refractivity contribution is 0.432. The van der Waals surface area contributed by atoms with Crippen molar-refractivity contribution in [3.05, 3.63) is 12.2 Å². The Morgan fingerprint density at radius 1 is 1.42 bits per heavy atom. The Labute approximate surface area is 77.4 Å². The molecule has 12 heavy (non-hydrogen) atoms. The van der Waals surface area contributed by atoms with E-state index in [9.17, 15) is 0 Å². The van der Waals surface area contributed by atoms with Gasteiger partial charge in [0.1, 0.15) is 0 Å². The first kappa shape index (κ1) is 8.01. The summed E-state index contributed by atoms with van der Waals surface area (Å²) in [5.41, 5.74) is 11.3. The second-order valence-corrected chi connectivity index (χ2v) is 3.96. The molecule has 66 valence electrons. The smallest absolute Gasteiger partial charge is 0.178 e. The molecule has 2 bridgehead atoms. The van der Waals surface area contributed by atoms with Gasteiger partial charge in [-0.05, 0) is 36.9 Å². The number of rotatable bonds is 2. The molecule has 0 radical (unpaired) electrons. The zero-order valence-electron chi connectivity index (χ0n) is 6.79. The molecule has 2 aliphatic carbocycles. The first-order chi connectivity index (χ1) is 5.75. The number of hydrogen-bond donors (Lipinski definition) is 3. The van der Waals surface area contributed by atoms with Gasteiger partial charge in [-0.1, -0.05) is 12.2 Å². The molecule has 0 aliphatic heterocycles. The summed E-state index contributed by atoms with van der Waals surface area (Å²) in [7, 11) is 0. The lowest BCUT2D eigenvalue weighted by Crippen LogP contribution is -2.48. The molecule has 0 aromatic carbocycles. The largest absolute Gasteiger partial charge is 0.375 e. The van der Waals surface area contributed by atoms with Crippen molar-refractivity contribution in [2.24, 2.45) is 17.6 Å². The molecular formula is C8H13N3S. The van der Waals surface area contributed by atoms with Crippen LogP contribution in [-0.4, -0.2) is 11.2 Å². The Balaban J connectivity index is 1.83. The topological polar surface area (TPSA) is 50.1 Å². The molecule has 3 unspecified atom stereocenters. The maximum atomic E-state index is 5.31. The zero-order valence-corrected chi connectivity index (χ0v) is 7.60. The van der Waals surface area contributed by atoms with Gasteiger partial charge in [0.25, 0.3) is 0 Å². The maximum absolute atomic E-state index is 5.31. The van der Waals surface area contributed by atoms with Crippen LogP contribution in [0, 0.1) is 11.8 Å². The summed E-state index contributed by atoms with van der Waals surface area (Å²) < 4.78 is 0. The molecule has 0 heterocycles. The number of fused-ring (bicyclic) bond motifs is 2. The van der Waals surface area contributed by atoms with E-state index in [0.717, 1.165) is 5.92 Å². The van der Waals surface area contributed by atoms with Gasteiger partial charge in [-0.15, -0.1) is 0 Å². The van der Waals surface area contributed by atoms with Crippen molar-refractivity contribution in [3.63, 3.8) is 0 Å². The van der Waals surface area contributed by atoms with Gasteiger partial charge in [0.15, 0.2) is 5.11 Å². The summed E-state index contributed by atoms with van der Waals surface area (Å²) in [6, 6.07) is 0.515. The van der Waals surface area contributed by atoms with Crippen molar-refractivity contribution < 1.29 is 0 Å². The summed E-state index contributed by atoms with van der Waals surface area (Å²) in [6.45, 7) is 0. The van der Waals surface area contributed by atoms with E-state index in [1.807, 2.05) is 0 Å². The van der Waals surface area contributed by atoms with Crippen LogP contribution in [0.5, 0.6) is 0 Å². The summed E-state index contributed by atoms with van der Waals surface area (Å²) in [6.07, 6.45) is 7.09. The van der Waals surface area contributed by atoms with E-state index in [0.29, 0.717) is 17.1 Å². The molecule has 3 nitrogen and oxygen atoms in total. The van der Waals surface area contributed by atoms with Gasteiger partial charge in [0.2, 0.25) is 0 Å². The van der Waals surface area contributed by atoms with Gasteiger partial charge in [0, 0.05) is 6.04 Å². The van der Waals surface area contributed by atoms with Crippen molar-refractivity contribution >= 4 is 17.3 Å². The van der Waals surface area contributed by atoms with Gasteiger partial charge in [-0.25, -0.2) is 5.43 Å². The molecule has 0 aromatic rings. The van der Waals surface area contributed by atoms with Crippen LogP contribution in [0.25, 0.3) is 0 Å². The predicted octanol–water partition coefficient (Wildman–Crippen LogP) is 0.289. The van der Waals surface area contributed by atoms with Crippen LogP contribution in [0.15, 0.2) is 12.2 Å². The Kier molecular flexibility index (Phi) is 2.02. The molecule has 0 amide bonds. The second-order valence-electron chi connectivity index (χ2n) is 3.52. The first-order valence-electron chi connectivity index (χ1n) is 4.25. The van der Waals surface area contributed by atoms with Crippen LogP contribution in [0.3, 0.4) is 0 Å². The van der Waals surface area contributed by atoms with Gasteiger partial charge in [-0.3, -0.25) is 5.43 Å². The highest BCUT2D eigenvalue weighted by molar-refractivity contribution is 7.80. The SMILES string of the molecule is NC(=S)NNC1CC2C=CC1C2. The molecule has 3 atom stereocenters. The molecule has 4 N–H and O–H groups in total. The third kappa shape index (κ3) is 1.44. The van der Waals surface area contributed by atoms with Crippen LogP contribution in [0.2, 0.25) is 0 Å². The molecular weight excluding hydrogens is 170 g/mol. The zero-order chi connectivity index (χ0) is 8.55. The van der Waals surface area contributed by atoms with Crippen molar-refractivity contribution in [2.45, 2.75) is 18.9 Å². The molecule has 2 rings (SSSR count). The molecule has 4 heteroatoms. The Bertz CT molecular complexity index is 226. The fourth-order valence-corrected chi connectivity index (χ4v) is 2.17. The molecule has 0 saturated heterocycles. The second kappa shape index (κ2) is 3.03. The van der Waals surface area contributed by atoms with E-state index >= 15 is 0 Å². The van der Waals surface area contributed by atoms with Crippen LogP contribution in [0.4, 0.5) is 0 Å². The number of nitrogens with two attached hydrogens (primary N) is 1. The van der Waals surface area contributed by atoms with Crippen LogP contribution >= 0.6 is 12.2 Å². The third-order valence-corrected chi connectivity index (χ3v) is 2.76. The number of thiocarbonyl (C=S) groups is 1. The van der Waals surface area contributed by atoms with E-state index in [4.69, 9.17) is 18.0 Å². The number of nitrogens with one attached hydrogen (secondary N) is 2. The van der Waals surface area contributed by atoms with Gasteiger partial charge in [-0.2, -0.15) is 0 Å². The summed E-state index contributed by atoms with van der Waals surface area (Å²) in [5, 5.41) is 0.321. The highest BCUT2D eigenvalue weighted by atomic mass is 32.1. The fourth-order valence-electron chi connectivity index (χ4n) is 2.11. The highest BCUT2D eigenvalue weighted by Crippen LogP contribution is 2.38. The Hall–Kier alpha value is -0.610. The molecule has 1 fully saturated rings. The van der Waals surface area contributed by atoms with Gasteiger partial charge >= 0.3 is 0 Å². The molecule has 2 aliphatic rings. The quantitative estimate of drug-likeness (QED) is 0.327. The van der Waals surface area contributed by atoms with Crippen molar-refractivity contribution in [2.75, 3.05) is 0 Å². The number of hydrogen-bond acceptors (Lipinski definition) is 2. The van der Waals surface area contributed by atoms with Crippen LogP contribution in [0.1, 0.15) is 12.8 Å². The summed E-state index contributed by atoms with van der Waals surface area (Å²) in [4.78, 5) is 0. The van der Waals surface area contributed by atoms with E-state index in [1.54, 1.807) is 0 Å². The van der Waals surface area contributed by atoms with Crippen molar-refractivity contribution in [1.82, 2.24) is 10.9 Å². The van der Waals surface area contributed by atoms with Gasteiger partial charge < -0.3 is 5.73 Å². The standard InChI is InChI=1S/C8H13N3S/c9-8(12)11-10-7-4-5-1-2-6(7)3-5/h1-2,5-7,10H,3-4H2,(H3,9,11,12). The fraction of sp³-hybridized carbons (Fsp3) is 0.625. The molecule has 1 saturated carbocycles. The first-order valence-corrected chi connectivity index (χ1v) is 4.66. The average molecular weight is 183 g/mol. The minimum absolute atomic E-state index is 0.321. The maximum Gasteiger partial charge on any atom is 0.178 e. The van der Waals surface area contributed by atoms with Crippen molar-refractivity contribution in [3.8, 4) is 0 Å². The van der Waals surface area contributed by atoms with E-state index in [-0.39, 0.29) is 0 Å². The van der Waals surface area contributed by atoms with Crippen molar-refractivity contribution in [1.29, 1.82) is 0 Å². The summed E-state index contributed by atoms with van der Waals surface area (Å²) in [5.74, 6) is 1.46. The average Bonchev–Trinajstić information content (AvgIpc) is 2.60. The Morgan fingerprint density at radius 2 is 2.25 bits per heavy atom. The van der Waals surface area contributed by atoms with E-state index in [2.05, 4.69) is 23.0 Å². The van der Waals surface area contributed by atoms with Crippen LogP contribution in [-0.2, 0) is 0 Å². The van der Waals surface area contributed by atoms with E-state index < -0.39 is 0 Å². The monoisotopic (exact) mass is 183 g/mol. The third-order valence-electron chi connectivity index (χ3n) is 2.66. The predicted molar refractivity (Wildman–Crippen MR) is 52.2 cm³/mol. The minimum atomic E-state index is 0.321. The number of hydrazine groups is 1. The lowest BCUT2D eigenvalue weighted by atomic mass is 10.0. The summed E-state index contributed by atoms with van der Waals surface area (Å²) >= 11 is 4.70. The normalized spacial score (nSPS) is 37.2. The van der Waals surface area contributed by atoms with E-state index in [1.165, 1.54) is 12.8 Å². The molecule has 0 spiro atoms. The van der Waals surface area contributed by atoms with Crippen LogP contribution < -0.4 is 16.6 Å². The minimum Gasteiger partial charge on any atom is -0.375 e. The molecule has 0 aromatic heterocycles. The lowest BCUT2D eigenvalue weighted by Gasteiger charge is -2.19. The van der Waals surface area contributed by atoms with Gasteiger partial charge in [0.05, 0.1) is 0 Å². The highest BCUT2D eigenvalue weighted by Gasteiger charge is 2.35.